The van der Waals surface area contributed by atoms with E-state index in [-0.39, 0.29) is 6.10 Å². The maximum absolute atomic E-state index is 9.61. The van der Waals surface area contributed by atoms with Gasteiger partial charge in [-0.2, -0.15) is 0 Å². The van der Waals surface area contributed by atoms with Crippen molar-refractivity contribution in [3.63, 3.8) is 0 Å². The lowest BCUT2D eigenvalue weighted by atomic mass is 10.00. The molecule has 1 aliphatic heterocycles. The van der Waals surface area contributed by atoms with Crippen LogP contribution in [0, 0.1) is 5.92 Å². The summed E-state index contributed by atoms with van der Waals surface area (Å²) in [4.78, 5) is 0. The van der Waals surface area contributed by atoms with Gasteiger partial charge in [0, 0.05) is 6.61 Å². The fourth-order valence-corrected chi connectivity index (χ4v) is 2.11. The minimum absolute atomic E-state index is 0.104. The molecule has 0 aliphatic carbocycles. The number of rotatable bonds is 7. The van der Waals surface area contributed by atoms with Crippen LogP contribution in [0.15, 0.2) is 0 Å². The van der Waals surface area contributed by atoms with Gasteiger partial charge in [-0.15, -0.1) is 0 Å². The maximum atomic E-state index is 9.61. The lowest BCUT2D eigenvalue weighted by Crippen LogP contribution is -2.14. The van der Waals surface area contributed by atoms with Crippen molar-refractivity contribution in [3.8, 4) is 0 Å². The second-order valence-corrected chi connectivity index (χ2v) is 5.08. The van der Waals surface area contributed by atoms with E-state index in [2.05, 4.69) is 13.8 Å². The first-order chi connectivity index (χ1) is 7.20. The Labute approximate surface area is 94.0 Å². The van der Waals surface area contributed by atoms with Crippen molar-refractivity contribution in [2.24, 2.45) is 5.92 Å². The van der Waals surface area contributed by atoms with Gasteiger partial charge in [0.1, 0.15) is 0 Å². The molecule has 1 rings (SSSR count). The van der Waals surface area contributed by atoms with E-state index in [9.17, 15) is 5.11 Å². The van der Waals surface area contributed by atoms with Crippen molar-refractivity contribution in [1.29, 1.82) is 0 Å². The van der Waals surface area contributed by atoms with Crippen molar-refractivity contribution < 1.29 is 9.84 Å². The summed E-state index contributed by atoms with van der Waals surface area (Å²) >= 11 is 0. The number of aliphatic hydroxyl groups is 1. The Kier molecular flexibility index (Phi) is 6.26. The summed E-state index contributed by atoms with van der Waals surface area (Å²) in [6.07, 6.45) is 8.78. The van der Waals surface area contributed by atoms with Crippen molar-refractivity contribution in [1.82, 2.24) is 0 Å². The molecular formula is C13H26O2. The summed E-state index contributed by atoms with van der Waals surface area (Å²) in [5, 5.41) is 9.61. The fourth-order valence-electron chi connectivity index (χ4n) is 2.11. The molecule has 0 spiro atoms. The van der Waals surface area contributed by atoms with Gasteiger partial charge in [0.05, 0.1) is 12.2 Å². The third kappa shape index (κ3) is 5.53. The van der Waals surface area contributed by atoms with Gasteiger partial charge in [0.15, 0.2) is 0 Å². The Morgan fingerprint density at radius 3 is 2.67 bits per heavy atom. The third-order valence-electron chi connectivity index (χ3n) is 3.32. The van der Waals surface area contributed by atoms with Gasteiger partial charge in [-0.1, -0.05) is 33.1 Å². The zero-order valence-corrected chi connectivity index (χ0v) is 10.2. The fraction of sp³-hybridized carbons (Fsp3) is 1.00. The number of unbranched alkanes of at least 4 members (excludes halogenated alkanes) is 2. The minimum Gasteiger partial charge on any atom is -0.393 e. The predicted molar refractivity (Wildman–Crippen MR) is 62.9 cm³/mol. The van der Waals surface area contributed by atoms with Crippen LogP contribution in [0.3, 0.4) is 0 Å². The second-order valence-electron chi connectivity index (χ2n) is 5.08. The van der Waals surface area contributed by atoms with Gasteiger partial charge in [-0.25, -0.2) is 0 Å². The van der Waals surface area contributed by atoms with E-state index in [1.54, 1.807) is 0 Å². The molecule has 0 bridgehead atoms. The first-order valence-electron chi connectivity index (χ1n) is 6.50. The van der Waals surface area contributed by atoms with E-state index in [1.807, 2.05) is 0 Å². The van der Waals surface area contributed by atoms with E-state index in [0.29, 0.717) is 12.0 Å². The Hall–Kier alpha value is -0.0800. The molecule has 1 fully saturated rings. The normalized spacial score (nSPS) is 23.6. The van der Waals surface area contributed by atoms with Gasteiger partial charge in [0.25, 0.3) is 0 Å². The maximum Gasteiger partial charge on any atom is 0.0576 e. The van der Waals surface area contributed by atoms with E-state index in [0.717, 1.165) is 19.4 Å². The molecule has 0 saturated carbocycles. The van der Waals surface area contributed by atoms with E-state index >= 15 is 0 Å². The number of hydrogen-bond acceptors (Lipinski definition) is 2. The van der Waals surface area contributed by atoms with Gasteiger partial charge >= 0.3 is 0 Å². The van der Waals surface area contributed by atoms with Crippen molar-refractivity contribution in [3.05, 3.63) is 0 Å². The molecule has 1 heterocycles. The molecular weight excluding hydrogens is 188 g/mol. The van der Waals surface area contributed by atoms with Gasteiger partial charge in [0.2, 0.25) is 0 Å². The first-order valence-corrected chi connectivity index (χ1v) is 6.50. The lowest BCUT2D eigenvalue weighted by molar-refractivity contribution is 0.0986. The Morgan fingerprint density at radius 2 is 2.07 bits per heavy atom. The minimum atomic E-state index is -0.104. The second kappa shape index (κ2) is 7.24. The molecule has 90 valence electrons. The third-order valence-corrected chi connectivity index (χ3v) is 3.32. The Morgan fingerprint density at radius 1 is 1.27 bits per heavy atom. The molecule has 0 aromatic carbocycles. The number of aliphatic hydroxyl groups excluding tert-OH is 1. The molecule has 0 aromatic heterocycles. The Balaban J connectivity index is 1.88. The van der Waals surface area contributed by atoms with E-state index in [4.69, 9.17) is 4.74 Å². The summed E-state index contributed by atoms with van der Waals surface area (Å²) in [5.74, 6) is 0.406. The molecule has 15 heavy (non-hydrogen) atoms. The summed E-state index contributed by atoms with van der Waals surface area (Å²) in [5.41, 5.74) is 0. The summed E-state index contributed by atoms with van der Waals surface area (Å²) in [7, 11) is 0. The average molecular weight is 214 g/mol. The average Bonchev–Trinajstić information content (AvgIpc) is 2.69. The largest absolute Gasteiger partial charge is 0.393 e. The van der Waals surface area contributed by atoms with Crippen LogP contribution in [0.2, 0.25) is 0 Å². The highest BCUT2D eigenvalue weighted by atomic mass is 16.5. The molecule has 0 amide bonds. The summed E-state index contributed by atoms with van der Waals surface area (Å²) in [6, 6.07) is 0. The molecule has 1 N–H and O–H groups in total. The first kappa shape index (κ1) is 13.0. The van der Waals surface area contributed by atoms with Crippen molar-refractivity contribution >= 4 is 0 Å². The molecule has 2 heteroatoms. The molecule has 2 unspecified atom stereocenters. The molecule has 2 atom stereocenters. The van der Waals surface area contributed by atoms with Crippen molar-refractivity contribution in [2.75, 3.05) is 6.61 Å². The molecule has 0 radical (unpaired) electrons. The zero-order chi connectivity index (χ0) is 11.1. The van der Waals surface area contributed by atoms with Crippen molar-refractivity contribution in [2.45, 2.75) is 71.0 Å². The highest BCUT2D eigenvalue weighted by molar-refractivity contribution is 4.65. The number of ether oxygens (including phenoxy) is 1. The smallest absolute Gasteiger partial charge is 0.0576 e. The zero-order valence-electron chi connectivity index (χ0n) is 10.2. The van der Waals surface area contributed by atoms with Crippen LogP contribution in [0.25, 0.3) is 0 Å². The molecule has 0 aromatic rings. The Bertz CT molecular complexity index is 147. The quantitative estimate of drug-likeness (QED) is 0.660. The molecule has 1 aliphatic rings. The van der Waals surface area contributed by atoms with Gasteiger partial charge in [-0.3, -0.25) is 0 Å². The standard InChI is InChI=1S/C13H26O2/c1-11(2)13(14)9-5-3-4-7-12-8-6-10-15-12/h11-14H,3-10H2,1-2H3. The topological polar surface area (TPSA) is 29.5 Å². The monoisotopic (exact) mass is 214 g/mol. The van der Waals surface area contributed by atoms with Crippen LogP contribution < -0.4 is 0 Å². The highest BCUT2D eigenvalue weighted by Crippen LogP contribution is 2.19. The van der Waals surface area contributed by atoms with E-state index in [1.165, 1.54) is 32.1 Å². The van der Waals surface area contributed by atoms with Crippen LogP contribution in [0.1, 0.15) is 58.8 Å². The molecule has 1 saturated heterocycles. The lowest BCUT2D eigenvalue weighted by Gasteiger charge is -2.14. The summed E-state index contributed by atoms with van der Waals surface area (Å²) in [6.45, 7) is 5.13. The van der Waals surface area contributed by atoms with Crippen LogP contribution in [-0.2, 0) is 4.74 Å². The van der Waals surface area contributed by atoms with Crippen LogP contribution in [0.5, 0.6) is 0 Å². The molecule has 2 nitrogen and oxygen atoms in total. The number of hydrogen-bond donors (Lipinski definition) is 1. The van der Waals surface area contributed by atoms with E-state index < -0.39 is 0 Å². The van der Waals surface area contributed by atoms with Crippen LogP contribution in [-0.4, -0.2) is 23.9 Å². The van der Waals surface area contributed by atoms with Gasteiger partial charge < -0.3 is 9.84 Å². The van der Waals surface area contributed by atoms with Crippen LogP contribution >= 0.6 is 0 Å². The van der Waals surface area contributed by atoms with Gasteiger partial charge in [-0.05, 0) is 31.6 Å². The predicted octanol–water partition coefficient (Wildman–Crippen LogP) is 3.13. The van der Waals surface area contributed by atoms with Crippen LogP contribution in [0.4, 0.5) is 0 Å². The summed E-state index contributed by atoms with van der Waals surface area (Å²) < 4.78 is 5.57. The SMILES string of the molecule is CC(C)C(O)CCCCCC1CCCO1. The highest BCUT2D eigenvalue weighted by Gasteiger charge is 2.14.